The number of aliphatic hydroxyl groups excluding tert-OH is 1. The second-order valence-electron chi connectivity index (χ2n) is 6.85. The van der Waals surface area contributed by atoms with Gasteiger partial charge >= 0.3 is 0 Å². The summed E-state index contributed by atoms with van der Waals surface area (Å²) in [6.45, 7) is 6.37. The van der Waals surface area contributed by atoms with Crippen LogP contribution in [-0.2, 0) is 13.6 Å². The summed E-state index contributed by atoms with van der Waals surface area (Å²) in [4.78, 5) is 11.3. The highest BCUT2D eigenvalue weighted by Gasteiger charge is 2.18. The maximum absolute atomic E-state index is 11.3. The van der Waals surface area contributed by atoms with Gasteiger partial charge in [-0.15, -0.1) is 0 Å². The fourth-order valence-corrected chi connectivity index (χ4v) is 3.04. The smallest absolute Gasteiger partial charge is 0.244 e. The van der Waals surface area contributed by atoms with Crippen molar-refractivity contribution >= 4 is 16.8 Å². The Hall–Kier alpha value is -2.66. The van der Waals surface area contributed by atoms with Crippen molar-refractivity contribution in [3.8, 4) is 5.75 Å². The number of hydrogen-bond acceptors (Lipinski definition) is 3. The molecule has 1 aromatic heterocycles. The molecule has 0 fully saturated rings. The number of aromatic nitrogens is 2. The molecule has 0 aliphatic carbocycles. The van der Waals surface area contributed by atoms with Crippen LogP contribution in [0.4, 0.5) is 0 Å². The van der Waals surface area contributed by atoms with E-state index in [4.69, 9.17) is 4.74 Å². The molecule has 0 bridgehead atoms. The SMILES string of the molecule is CC(=O)c1ccc(OCC(O)Cn2c[n+](C)c3cc(C)c(C)cc32)cc1. The van der Waals surface area contributed by atoms with Crippen LogP contribution in [0.5, 0.6) is 5.75 Å². The molecule has 5 heteroatoms. The number of Topliss-reactive ketones (excluding diaryl/α,β-unsaturated/α-hetero) is 1. The molecule has 3 aromatic rings. The Morgan fingerprint density at radius 1 is 1.19 bits per heavy atom. The van der Waals surface area contributed by atoms with Crippen molar-refractivity contribution < 1.29 is 19.2 Å². The van der Waals surface area contributed by atoms with Crippen LogP contribution in [0.2, 0.25) is 0 Å². The summed E-state index contributed by atoms with van der Waals surface area (Å²) >= 11 is 0. The molecule has 0 saturated carbocycles. The van der Waals surface area contributed by atoms with Crippen molar-refractivity contribution in [3.63, 3.8) is 0 Å². The average molecular weight is 353 g/mol. The van der Waals surface area contributed by atoms with E-state index in [2.05, 4.69) is 35.1 Å². The minimum atomic E-state index is -0.639. The van der Waals surface area contributed by atoms with E-state index in [1.807, 2.05) is 13.4 Å². The van der Waals surface area contributed by atoms with Gasteiger partial charge in [0.2, 0.25) is 6.33 Å². The van der Waals surface area contributed by atoms with Gasteiger partial charge in [-0.2, -0.15) is 0 Å². The molecular weight excluding hydrogens is 328 g/mol. The zero-order valence-electron chi connectivity index (χ0n) is 15.7. The lowest BCUT2D eigenvalue weighted by Crippen LogP contribution is -2.27. The van der Waals surface area contributed by atoms with Crippen LogP contribution < -0.4 is 9.30 Å². The summed E-state index contributed by atoms with van der Waals surface area (Å²) in [6.07, 6.45) is 1.36. The molecule has 2 aromatic carbocycles. The fourth-order valence-electron chi connectivity index (χ4n) is 3.04. The molecule has 0 radical (unpaired) electrons. The van der Waals surface area contributed by atoms with Crippen molar-refractivity contribution in [2.24, 2.45) is 7.05 Å². The number of hydrogen-bond donors (Lipinski definition) is 1. The number of nitrogens with zero attached hydrogens (tertiary/aromatic N) is 2. The lowest BCUT2D eigenvalue weighted by atomic mass is 10.1. The van der Waals surface area contributed by atoms with Gasteiger partial charge in [0.25, 0.3) is 0 Å². The van der Waals surface area contributed by atoms with Crippen molar-refractivity contribution in [2.75, 3.05) is 6.61 Å². The van der Waals surface area contributed by atoms with Gasteiger partial charge in [0.15, 0.2) is 16.8 Å². The molecule has 1 heterocycles. The second-order valence-corrected chi connectivity index (χ2v) is 6.85. The monoisotopic (exact) mass is 353 g/mol. The maximum atomic E-state index is 11.3. The lowest BCUT2D eigenvalue weighted by molar-refractivity contribution is -0.645. The van der Waals surface area contributed by atoms with E-state index in [1.165, 1.54) is 18.1 Å². The molecule has 26 heavy (non-hydrogen) atoms. The Kier molecular flexibility index (Phi) is 5.09. The first-order chi connectivity index (χ1) is 12.3. The Balaban J connectivity index is 1.68. The highest BCUT2D eigenvalue weighted by molar-refractivity contribution is 5.94. The zero-order chi connectivity index (χ0) is 18.8. The number of rotatable bonds is 6. The Bertz CT molecular complexity index is 942. The second kappa shape index (κ2) is 7.30. The van der Waals surface area contributed by atoms with Crippen LogP contribution >= 0.6 is 0 Å². The molecule has 5 nitrogen and oxygen atoms in total. The van der Waals surface area contributed by atoms with Gasteiger partial charge in [0.1, 0.15) is 25.0 Å². The van der Waals surface area contributed by atoms with Gasteiger partial charge < -0.3 is 9.84 Å². The third kappa shape index (κ3) is 3.78. The highest BCUT2D eigenvalue weighted by atomic mass is 16.5. The van der Waals surface area contributed by atoms with E-state index in [0.717, 1.165) is 11.0 Å². The van der Waals surface area contributed by atoms with Gasteiger partial charge in [-0.1, -0.05) is 0 Å². The quantitative estimate of drug-likeness (QED) is 0.548. The summed E-state index contributed by atoms with van der Waals surface area (Å²) in [5.74, 6) is 0.665. The highest BCUT2D eigenvalue weighted by Crippen LogP contribution is 2.18. The molecule has 1 atom stereocenters. The molecule has 1 unspecified atom stereocenters. The number of ether oxygens (including phenoxy) is 1. The molecule has 0 spiro atoms. The van der Waals surface area contributed by atoms with E-state index >= 15 is 0 Å². The summed E-state index contributed by atoms with van der Waals surface area (Å²) in [7, 11) is 2.01. The van der Waals surface area contributed by atoms with Crippen molar-refractivity contribution in [1.82, 2.24) is 4.57 Å². The largest absolute Gasteiger partial charge is 0.491 e. The molecule has 0 aliphatic rings. The van der Waals surface area contributed by atoms with Crippen molar-refractivity contribution in [1.29, 1.82) is 0 Å². The first-order valence-electron chi connectivity index (χ1n) is 8.72. The van der Waals surface area contributed by atoms with Crippen molar-refractivity contribution in [2.45, 2.75) is 33.4 Å². The predicted octanol–water partition coefficient (Wildman–Crippen LogP) is 2.73. The first-order valence-corrected chi connectivity index (χ1v) is 8.72. The topological polar surface area (TPSA) is 55.3 Å². The third-order valence-corrected chi connectivity index (χ3v) is 4.70. The molecule has 0 amide bonds. The van der Waals surface area contributed by atoms with E-state index in [1.54, 1.807) is 24.3 Å². The van der Waals surface area contributed by atoms with E-state index in [-0.39, 0.29) is 12.4 Å². The number of aryl methyl sites for hydroxylation is 3. The Morgan fingerprint density at radius 2 is 1.85 bits per heavy atom. The molecule has 1 N–H and O–H groups in total. The normalized spacial score (nSPS) is 12.3. The van der Waals surface area contributed by atoms with Gasteiger partial charge in [0, 0.05) is 5.56 Å². The standard InChI is InChI=1S/C21H25N2O3/c1-14-9-20-21(10-15(14)2)23(13-22(20)4)11-18(25)12-26-19-7-5-17(6-8-19)16(3)24/h5-10,13,18,25H,11-12H2,1-4H3/q+1. The van der Waals surface area contributed by atoms with Gasteiger partial charge in [-0.25, -0.2) is 9.13 Å². The maximum Gasteiger partial charge on any atom is 0.244 e. The van der Waals surface area contributed by atoms with E-state index in [0.29, 0.717) is 17.9 Å². The van der Waals surface area contributed by atoms with Crippen LogP contribution in [0, 0.1) is 13.8 Å². The Morgan fingerprint density at radius 3 is 2.50 bits per heavy atom. The molecule has 3 rings (SSSR count). The number of imidazole rings is 1. The van der Waals surface area contributed by atoms with Crippen LogP contribution in [0.25, 0.3) is 11.0 Å². The molecule has 0 saturated heterocycles. The minimum Gasteiger partial charge on any atom is -0.491 e. The molecular formula is C21H25N2O3+. The van der Waals surface area contributed by atoms with Gasteiger partial charge in [-0.05, 0) is 68.3 Å². The van der Waals surface area contributed by atoms with Crippen LogP contribution in [-0.4, -0.2) is 28.2 Å². The predicted molar refractivity (Wildman–Crippen MR) is 101 cm³/mol. The molecule has 0 aliphatic heterocycles. The van der Waals surface area contributed by atoms with Crippen LogP contribution in [0.1, 0.15) is 28.4 Å². The summed E-state index contributed by atoms with van der Waals surface area (Å²) in [5.41, 5.74) is 5.37. The number of carbonyl (C=O) groups is 1. The summed E-state index contributed by atoms with van der Waals surface area (Å²) in [6, 6.07) is 11.3. The number of benzene rings is 2. The minimum absolute atomic E-state index is 0.0227. The lowest BCUT2D eigenvalue weighted by Gasteiger charge is -2.11. The zero-order valence-corrected chi connectivity index (χ0v) is 15.7. The van der Waals surface area contributed by atoms with Gasteiger partial charge in [-0.3, -0.25) is 4.79 Å². The van der Waals surface area contributed by atoms with Crippen LogP contribution in [0.15, 0.2) is 42.7 Å². The van der Waals surface area contributed by atoms with E-state index < -0.39 is 6.10 Å². The Labute approximate surface area is 153 Å². The average Bonchev–Trinajstić information content (AvgIpc) is 2.89. The van der Waals surface area contributed by atoms with Crippen LogP contribution in [0.3, 0.4) is 0 Å². The third-order valence-electron chi connectivity index (χ3n) is 4.70. The van der Waals surface area contributed by atoms with Gasteiger partial charge in [0.05, 0.1) is 7.05 Å². The number of ketones is 1. The van der Waals surface area contributed by atoms with Crippen molar-refractivity contribution in [3.05, 3.63) is 59.4 Å². The summed E-state index contributed by atoms with van der Waals surface area (Å²) < 4.78 is 9.77. The summed E-state index contributed by atoms with van der Waals surface area (Å²) in [5, 5.41) is 10.4. The number of aliphatic hydroxyl groups is 1. The van der Waals surface area contributed by atoms with E-state index in [9.17, 15) is 9.90 Å². The molecule has 136 valence electrons. The number of fused-ring (bicyclic) bond motifs is 1. The fraction of sp³-hybridized carbons (Fsp3) is 0.333. The first kappa shape index (κ1) is 18.1. The number of carbonyl (C=O) groups excluding carboxylic acids is 1.